The van der Waals surface area contributed by atoms with E-state index in [0.29, 0.717) is 5.69 Å². The molecular weight excluding hydrogens is 264 g/mol. The molecule has 21 heavy (non-hydrogen) atoms. The first-order valence-corrected chi connectivity index (χ1v) is 6.93. The van der Waals surface area contributed by atoms with Gasteiger partial charge >= 0.3 is 0 Å². The number of hydrogen-bond acceptors (Lipinski definition) is 6. The molecule has 106 valence electrons. The largest absolute Gasteiger partial charge is 0.353 e. The monoisotopic (exact) mass is 280 g/mol. The lowest BCUT2D eigenvalue weighted by atomic mass is 10.2. The molecule has 0 spiro atoms. The molecule has 3 heterocycles. The fourth-order valence-corrected chi connectivity index (χ4v) is 2.43. The summed E-state index contributed by atoms with van der Waals surface area (Å²) >= 11 is 0. The number of nitrogens with zero attached hydrogens (tertiary/aromatic N) is 6. The predicted molar refractivity (Wildman–Crippen MR) is 80.1 cm³/mol. The van der Waals surface area contributed by atoms with E-state index in [9.17, 15) is 0 Å². The normalized spacial score (nSPS) is 14.9. The maximum absolute atomic E-state index is 9.08. The van der Waals surface area contributed by atoms with Gasteiger partial charge in [0.2, 0.25) is 0 Å². The summed E-state index contributed by atoms with van der Waals surface area (Å²) in [6, 6.07) is 9.95. The van der Waals surface area contributed by atoms with Gasteiger partial charge in [-0.3, -0.25) is 0 Å². The van der Waals surface area contributed by atoms with Crippen LogP contribution in [-0.2, 0) is 0 Å². The summed E-state index contributed by atoms with van der Waals surface area (Å²) in [5.41, 5.74) is 1.42. The second-order valence-corrected chi connectivity index (χ2v) is 5.00. The molecule has 2 aromatic rings. The van der Waals surface area contributed by atoms with Crippen LogP contribution in [0.4, 0.5) is 11.6 Å². The fourth-order valence-electron chi connectivity index (χ4n) is 2.43. The first-order valence-electron chi connectivity index (χ1n) is 6.93. The van der Waals surface area contributed by atoms with E-state index >= 15 is 0 Å². The SMILES string of the molecule is Cc1ccc(N2CCN(c3cccnn3)CC2)nc1C#N. The summed E-state index contributed by atoms with van der Waals surface area (Å²) in [5, 5.41) is 17.1. The number of aromatic nitrogens is 3. The molecule has 0 amide bonds. The second-order valence-electron chi connectivity index (χ2n) is 5.00. The second kappa shape index (κ2) is 5.75. The topological polar surface area (TPSA) is 68.9 Å². The molecule has 0 saturated carbocycles. The van der Waals surface area contributed by atoms with E-state index in [-0.39, 0.29) is 0 Å². The maximum Gasteiger partial charge on any atom is 0.151 e. The molecule has 0 unspecified atom stereocenters. The van der Waals surface area contributed by atoms with Crippen LogP contribution in [0, 0.1) is 18.3 Å². The van der Waals surface area contributed by atoms with E-state index in [1.54, 1.807) is 6.20 Å². The van der Waals surface area contributed by atoms with Gasteiger partial charge in [0.25, 0.3) is 0 Å². The van der Waals surface area contributed by atoms with E-state index < -0.39 is 0 Å². The zero-order chi connectivity index (χ0) is 14.7. The summed E-state index contributed by atoms with van der Waals surface area (Å²) in [5.74, 6) is 1.78. The predicted octanol–water partition coefficient (Wildman–Crippen LogP) is 1.38. The van der Waals surface area contributed by atoms with Gasteiger partial charge in [0.05, 0.1) is 0 Å². The Hall–Kier alpha value is -2.68. The van der Waals surface area contributed by atoms with Crippen LogP contribution in [0.1, 0.15) is 11.3 Å². The Bertz CT molecular complexity index is 656. The van der Waals surface area contributed by atoms with Crippen molar-refractivity contribution in [2.45, 2.75) is 6.92 Å². The molecular formula is C15H16N6. The van der Waals surface area contributed by atoms with Crippen LogP contribution in [0.25, 0.3) is 0 Å². The highest BCUT2D eigenvalue weighted by Gasteiger charge is 2.19. The van der Waals surface area contributed by atoms with Crippen molar-refractivity contribution in [3.05, 3.63) is 41.7 Å². The van der Waals surface area contributed by atoms with E-state index in [0.717, 1.165) is 43.4 Å². The Labute approximate surface area is 123 Å². The van der Waals surface area contributed by atoms with Crippen LogP contribution in [0.3, 0.4) is 0 Å². The van der Waals surface area contributed by atoms with Crippen LogP contribution >= 0.6 is 0 Å². The van der Waals surface area contributed by atoms with Crippen molar-refractivity contribution in [3.8, 4) is 6.07 Å². The van der Waals surface area contributed by atoms with Crippen LogP contribution in [0.5, 0.6) is 0 Å². The smallest absolute Gasteiger partial charge is 0.151 e. The Morgan fingerprint density at radius 1 is 1.05 bits per heavy atom. The van der Waals surface area contributed by atoms with Crippen LogP contribution < -0.4 is 9.80 Å². The van der Waals surface area contributed by atoms with Crippen LogP contribution in [0.15, 0.2) is 30.5 Å². The summed E-state index contributed by atoms with van der Waals surface area (Å²) in [6.07, 6.45) is 1.68. The van der Waals surface area contributed by atoms with Crippen molar-refractivity contribution in [1.29, 1.82) is 5.26 Å². The highest BCUT2D eigenvalue weighted by molar-refractivity contribution is 5.47. The first-order chi connectivity index (χ1) is 10.3. The minimum Gasteiger partial charge on any atom is -0.353 e. The lowest BCUT2D eigenvalue weighted by Crippen LogP contribution is -2.47. The van der Waals surface area contributed by atoms with Gasteiger partial charge < -0.3 is 9.80 Å². The summed E-state index contributed by atoms with van der Waals surface area (Å²) in [7, 11) is 0. The molecule has 2 aromatic heterocycles. The minimum atomic E-state index is 0.504. The number of nitriles is 1. The van der Waals surface area contributed by atoms with E-state index in [1.807, 2.05) is 31.2 Å². The Morgan fingerprint density at radius 3 is 2.38 bits per heavy atom. The molecule has 6 nitrogen and oxygen atoms in total. The fraction of sp³-hybridized carbons (Fsp3) is 0.333. The molecule has 1 aliphatic rings. The van der Waals surface area contributed by atoms with Crippen molar-refractivity contribution in [1.82, 2.24) is 15.2 Å². The number of aryl methyl sites for hydroxylation is 1. The average Bonchev–Trinajstić information content (AvgIpc) is 2.56. The van der Waals surface area contributed by atoms with Gasteiger partial charge in [0.15, 0.2) is 5.82 Å². The average molecular weight is 280 g/mol. The van der Waals surface area contributed by atoms with Gasteiger partial charge in [-0.15, -0.1) is 5.10 Å². The number of pyridine rings is 1. The third kappa shape index (κ3) is 2.77. The molecule has 6 heteroatoms. The first kappa shape index (κ1) is 13.3. The highest BCUT2D eigenvalue weighted by Crippen LogP contribution is 2.18. The number of rotatable bonds is 2. The minimum absolute atomic E-state index is 0.504. The molecule has 1 saturated heterocycles. The molecule has 0 atom stereocenters. The summed E-state index contributed by atoms with van der Waals surface area (Å²) < 4.78 is 0. The molecule has 0 aliphatic carbocycles. The lowest BCUT2D eigenvalue weighted by molar-refractivity contribution is 0.638. The molecule has 1 aliphatic heterocycles. The number of hydrogen-bond donors (Lipinski definition) is 0. The molecule has 1 fully saturated rings. The molecule has 0 aromatic carbocycles. The van der Waals surface area contributed by atoms with Gasteiger partial charge in [0, 0.05) is 32.4 Å². The van der Waals surface area contributed by atoms with E-state index in [4.69, 9.17) is 5.26 Å². The van der Waals surface area contributed by atoms with Gasteiger partial charge in [0.1, 0.15) is 17.6 Å². The quantitative estimate of drug-likeness (QED) is 0.827. The van der Waals surface area contributed by atoms with Crippen molar-refractivity contribution < 1.29 is 0 Å². The van der Waals surface area contributed by atoms with Crippen molar-refractivity contribution >= 4 is 11.6 Å². The molecule has 0 bridgehead atoms. The van der Waals surface area contributed by atoms with Crippen molar-refractivity contribution in [3.63, 3.8) is 0 Å². The standard InChI is InChI=1S/C15H16N6/c1-12-4-5-14(18-13(12)11-16)20-7-9-21(10-8-20)15-3-2-6-17-19-15/h2-6H,7-10H2,1H3. The Balaban J connectivity index is 1.70. The van der Waals surface area contributed by atoms with Gasteiger partial charge in [-0.2, -0.15) is 10.4 Å². The zero-order valence-corrected chi connectivity index (χ0v) is 11.9. The number of piperazine rings is 1. The van der Waals surface area contributed by atoms with Gasteiger partial charge in [-0.1, -0.05) is 6.07 Å². The Morgan fingerprint density at radius 2 is 1.76 bits per heavy atom. The third-order valence-corrected chi connectivity index (χ3v) is 3.67. The zero-order valence-electron chi connectivity index (χ0n) is 11.9. The third-order valence-electron chi connectivity index (χ3n) is 3.67. The summed E-state index contributed by atoms with van der Waals surface area (Å²) in [4.78, 5) is 8.84. The van der Waals surface area contributed by atoms with Crippen LogP contribution in [-0.4, -0.2) is 41.4 Å². The van der Waals surface area contributed by atoms with Gasteiger partial charge in [-0.05, 0) is 30.7 Å². The molecule has 0 N–H and O–H groups in total. The highest BCUT2D eigenvalue weighted by atomic mass is 15.3. The Kier molecular flexibility index (Phi) is 3.65. The number of anilines is 2. The van der Waals surface area contributed by atoms with Gasteiger partial charge in [-0.25, -0.2) is 4.98 Å². The summed E-state index contributed by atoms with van der Waals surface area (Å²) in [6.45, 7) is 5.36. The van der Waals surface area contributed by atoms with E-state index in [1.165, 1.54) is 0 Å². The van der Waals surface area contributed by atoms with Crippen LogP contribution in [0.2, 0.25) is 0 Å². The lowest BCUT2D eigenvalue weighted by Gasteiger charge is -2.35. The van der Waals surface area contributed by atoms with E-state index in [2.05, 4.69) is 31.1 Å². The maximum atomic E-state index is 9.08. The molecule has 0 radical (unpaired) electrons. The van der Waals surface area contributed by atoms with Crippen molar-refractivity contribution in [2.75, 3.05) is 36.0 Å². The molecule has 3 rings (SSSR count). The van der Waals surface area contributed by atoms with Crippen molar-refractivity contribution in [2.24, 2.45) is 0 Å².